The molecule has 1 saturated heterocycles. The van der Waals surface area contributed by atoms with Crippen LogP contribution < -0.4 is 0 Å². The number of aromatic amines is 1. The maximum atomic E-state index is 10.4. The van der Waals surface area contributed by atoms with Crippen molar-refractivity contribution in [2.24, 2.45) is 0 Å². The van der Waals surface area contributed by atoms with E-state index in [1.54, 1.807) is 12.5 Å². The SMILES string of the molecule is OC(CC1CCCCCN1Cc1ccn[nH]1)c1ccco1. The summed E-state index contributed by atoms with van der Waals surface area (Å²) in [6.45, 7) is 1.95. The second-order valence-corrected chi connectivity index (χ2v) is 5.82. The maximum Gasteiger partial charge on any atom is 0.132 e. The number of H-pyrrole nitrogens is 1. The van der Waals surface area contributed by atoms with E-state index in [1.165, 1.54) is 19.3 Å². The van der Waals surface area contributed by atoms with Gasteiger partial charge in [0, 0.05) is 24.5 Å². The number of aromatic nitrogens is 2. The van der Waals surface area contributed by atoms with Crippen molar-refractivity contribution in [2.75, 3.05) is 6.54 Å². The van der Waals surface area contributed by atoms with Crippen LogP contribution in [0.1, 0.15) is 49.7 Å². The van der Waals surface area contributed by atoms with Gasteiger partial charge < -0.3 is 9.52 Å². The van der Waals surface area contributed by atoms with E-state index in [4.69, 9.17) is 4.42 Å². The van der Waals surface area contributed by atoms with Gasteiger partial charge in [0.2, 0.25) is 0 Å². The van der Waals surface area contributed by atoms with Crippen LogP contribution in [0.4, 0.5) is 0 Å². The Morgan fingerprint density at radius 2 is 2.33 bits per heavy atom. The van der Waals surface area contributed by atoms with Gasteiger partial charge in [-0.25, -0.2) is 0 Å². The minimum absolute atomic E-state index is 0.385. The largest absolute Gasteiger partial charge is 0.467 e. The Morgan fingerprint density at radius 3 is 3.10 bits per heavy atom. The molecule has 2 unspecified atom stereocenters. The quantitative estimate of drug-likeness (QED) is 0.888. The van der Waals surface area contributed by atoms with E-state index in [0.29, 0.717) is 11.8 Å². The van der Waals surface area contributed by atoms with Gasteiger partial charge in [-0.05, 0) is 44.0 Å². The molecule has 1 aliphatic heterocycles. The van der Waals surface area contributed by atoms with Crippen LogP contribution in [0.25, 0.3) is 0 Å². The molecule has 114 valence electrons. The Kier molecular flexibility index (Phi) is 4.72. The predicted octanol–water partition coefficient (Wildman–Crippen LogP) is 2.87. The molecule has 3 heterocycles. The third-order valence-electron chi connectivity index (χ3n) is 4.30. The van der Waals surface area contributed by atoms with E-state index in [0.717, 1.165) is 31.6 Å². The zero-order valence-electron chi connectivity index (χ0n) is 12.2. The van der Waals surface area contributed by atoms with Crippen LogP contribution in [-0.4, -0.2) is 32.8 Å². The van der Waals surface area contributed by atoms with Gasteiger partial charge in [0.25, 0.3) is 0 Å². The monoisotopic (exact) mass is 289 g/mol. The number of nitrogens with one attached hydrogen (secondary N) is 1. The maximum absolute atomic E-state index is 10.4. The van der Waals surface area contributed by atoms with Gasteiger partial charge in [-0.1, -0.05) is 12.8 Å². The van der Waals surface area contributed by atoms with Crippen LogP contribution in [0.2, 0.25) is 0 Å². The first kappa shape index (κ1) is 14.4. The molecular formula is C16H23N3O2. The number of aliphatic hydroxyl groups is 1. The summed E-state index contributed by atoms with van der Waals surface area (Å²) in [5.74, 6) is 0.667. The molecule has 21 heavy (non-hydrogen) atoms. The van der Waals surface area contributed by atoms with Crippen molar-refractivity contribution >= 4 is 0 Å². The van der Waals surface area contributed by atoms with Crippen molar-refractivity contribution < 1.29 is 9.52 Å². The summed E-state index contributed by atoms with van der Waals surface area (Å²) in [4.78, 5) is 2.46. The molecule has 3 rings (SSSR count). The summed E-state index contributed by atoms with van der Waals surface area (Å²) in [7, 11) is 0. The van der Waals surface area contributed by atoms with Gasteiger partial charge in [-0.15, -0.1) is 0 Å². The molecule has 1 aliphatic rings. The van der Waals surface area contributed by atoms with Crippen molar-refractivity contribution in [1.82, 2.24) is 15.1 Å². The van der Waals surface area contributed by atoms with E-state index < -0.39 is 6.10 Å². The molecule has 0 aromatic carbocycles. The minimum atomic E-state index is -0.521. The van der Waals surface area contributed by atoms with E-state index in [9.17, 15) is 5.11 Å². The zero-order chi connectivity index (χ0) is 14.5. The number of likely N-dealkylation sites (tertiary alicyclic amines) is 1. The van der Waals surface area contributed by atoms with Gasteiger partial charge >= 0.3 is 0 Å². The first-order valence-corrected chi connectivity index (χ1v) is 7.76. The number of nitrogens with zero attached hydrogens (tertiary/aromatic N) is 2. The Hall–Kier alpha value is -1.59. The molecule has 0 radical (unpaired) electrons. The number of furan rings is 1. The third kappa shape index (κ3) is 3.74. The zero-order valence-corrected chi connectivity index (χ0v) is 12.2. The number of aliphatic hydroxyl groups excluding tert-OH is 1. The van der Waals surface area contributed by atoms with Crippen LogP contribution in [-0.2, 0) is 6.54 Å². The molecular weight excluding hydrogens is 266 g/mol. The Bertz CT molecular complexity index is 510. The first-order chi connectivity index (χ1) is 10.3. The third-order valence-corrected chi connectivity index (χ3v) is 4.30. The lowest BCUT2D eigenvalue weighted by Crippen LogP contribution is -2.35. The van der Waals surface area contributed by atoms with Gasteiger partial charge in [-0.3, -0.25) is 10.00 Å². The highest BCUT2D eigenvalue weighted by atomic mass is 16.4. The van der Waals surface area contributed by atoms with Crippen molar-refractivity contribution in [3.8, 4) is 0 Å². The Labute approximate surface area is 125 Å². The minimum Gasteiger partial charge on any atom is -0.467 e. The summed E-state index contributed by atoms with van der Waals surface area (Å²) >= 11 is 0. The van der Waals surface area contributed by atoms with Crippen molar-refractivity contribution in [2.45, 2.75) is 50.8 Å². The molecule has 2 aromatic heterocycles. The summed E-state index contributed by atoms with van der Waals surface area (Å²) in [5, 5.41) is 17.4. The van der Waals surface area contributed by atoms with Crippen molar-refractivity contribution in [3.63, 3.8) is 0 Å². The van der Waals surface area contributed by atoms with Crippen LogP contribution in [0.3, 0.4) is 0 Å². The fourth-order valence-electron chi connectivity index (χ4n) is 3.16. The Morgan fingerprint density at radius 1 is 1.38 bits per heavy atom. The predicted molar refractivity (Wildman–Crippen MR) is 79.5 cm³/mol. The van der Waals surface area contributed by atoms with E-state index in [1.807, 2.05) is 18.2 Å². The summed E-state index contributed by atoms with van der Waals surface area (Å²) in [6, 6.07) is 6.08. The molecule has 1 fully saturated rings. The van der Waals surface area contributed by atoms with Crippen LogP contribution >= 0.6 is 0 Å². The molecule has 5 nitrogen and oxygen atoms in total. The standard InChI is InChI=1S/C16H23N3O2/c20-15(16-6-4-10-21-16)11-14-5-2-1-3-9-19(14)12-13-7-8-17-18-13/h4,6-8,10,14-15,20H,1-3,5,9,11-12H2,(H,17,18). The van der Waals surface area contributed by atoms with E-state index in [-0.39, 0.29) is 0 Å². The van der Waals surface area contributed by atoms with Gasteiger partial charge in [0.15, 0.2) is 0 Å². The average molecular weight is 289 g/mol. The smallest absolute Gasteiger partial charge is 0.132 e. The van der Waals surface area contributed by atoms with Crippen LogP contribution in [0, 0.1) is 0 Å². The topological polar surface area (TPSA) is 65.3 Å². The van der Waals surface area contributed by atoms with Crippen molar-refractivity contribution in [3.05, 3.63) is 42.1 Å². The molecule has 0 aliphatic carbocycles. The average Bonchev–Trinajstić information content (AvgIpc) is 3.14. The second kappa shape index (κ2) is 6.91. The number of rotatable bonds is 5. The molecule has 0 amide bonds. The van der Waals surface area contributed by atoms with E-state index in [2.05, 4.69) is 15.1 Å². The van der Waals surface area contributed by atoms with Crippen molar-refractivity contribution in [1.29, 1.82) is 0 Å². The molecule has 2 atom stereocenters. The highest BCUT2D eigenvalue weighted by Crippen LogP contribution is 2.27. The lowest BCUT2D eigenvalue weighted by atomic mass is 10.0. The molecule has 5 heteroatoms. The van der Waals surface area contributed by atoms with E-state index >= 15 is 0 Å². The van der Waals surface area contributed by atoms with Gasteiger partial charge in [0.1, 0.15) is 11.9 Å². The van der Waals surface area contributed by atoms with Gasteiger partial charge in [-0.2, -0.15) is 5.10 Å². The fraction of sp³-hybridized carbons (Fsp3) is 0.562. The Balaban J connectivity index is 1.66. The van der Waals surface area contributed by atoms with Crippen LogP contribution in [0.5, 0.6) is 0 Å². The number of hydrogen-bond donors (Lipinski definition) is 2. The number of hydrogen-bond acceptors (Lipinski definition) is 4. The van der Waals surface area contributed by atoms with Crippen LogP contribution in [0.15, 0.2) is 35.1 Å². The molecule has 0 saturated carbocycles. The summed E-state index contributed by atoms with van der Waals surface area (Å²) in [6.07, 6.45) is 8.47. The first-order valence-electron chi connectivity index (χ1n) is 7.76. The van der Waals surface area contributed by atoms with Gasteiger partial charge in [0.05, 0.1) is 6.26 Å². The molecule has 0 spiro atoms. The molecule has 2 aromatic rings. The second-order valence-electron chi connectivity index (χ2n) is 5.82. The summed E-state index contributed by atoms with van der Waals surface area (Å²) in [5.41, 5.74) is 1.13. The summed E-state index contributed by atoms with van der Waals surface area (Å²) < 4.78 is 5.32. The highest BCUT2D eigenvalue weighted by molar-refractivity contribution is 5.03. The molecule has 0 bridgehead atoms. The lowest BCUT2D eigenvalue weighted by molar-refractivity contribution is 0.0825. The molecule has 2 N–H and O–H groups in total. The fourth-order valence-corrected chi connectivity index (χ4v) is 3.16. The lowest BCUT2D eigenvalue weighted by Gasteiger charge is -2.30. The highest BCUT2D eigenvalue weighted by Gasteiger charge is 2.25. The normalized spacial score (nSPS) is 22.0.